The van der Waals surface area contributed by atoms with Crippen LogP contribution in [0.4, 0.5) is 0 Å². The minimum absolute atomic E-state index is 0.244. The predicted molar refractivity (Wildman–Crippen MR) is 131 cm³/mol. The molecule has 0 saturated heterocycles. The molecular formula is C24H21Cl3N2O4. The molecule has 0 aliphatic heterocycles. The summed E-state index contributed by atoms with van der Waals surface area (Å²) in [6.45, 7) is 1.83. The molecule has 0 aliphatic carbocycles. The van der Waals surface area contributed by atoms with Crippen LogP contribution in [0.15, 0.2) is 65.8 Å². The first-order chi connectivity index (χ1) is 15.9. The zero-order chi connectivity index (χ0) is 23.8. The smallest absolute Gasteiger partial charge is 0.280 e. The zero-order valence-corrected chi connectivity index (χ0v) is 20.1. The van der Waals surface area contributed by atoms with Crippen LogP contribution in [0.1, 0.15) is 18.1 Å². The average molecular weight is 508 g/mol. The highest BCUT2D eigenvalue weighted by atomic mass is 35.5. The van der Waals surface area contributed by atoms with Gasteiger partial charge in [0.1, 0.15) is 23.9 Å². The van der Waals surface area contributed by atoms with Crippen molar-refractivity contribution in [2.24, 2.45) is 5.10 Å². The first-order valence-electron chi connectivity index (χ1n) is 9.86. The summed E-state index contributed by atoms with van der Waals surface area (Å²) in [5.74, 6) is 1.14. The molecule has 0 aliphatic rings. The lowest BCUT2D eigenvalue weighted by atomic mass is 10.1. The van der Waals surface area contributed by atoms with E-state index in [1.54, 1.807) is 50.4 Å². The van der Waals surface area contributed by atoms with Gasteiger partial charge in [0.15, 0.2) is 6.10 Å². The van der Waals surface area contributed by atoms with E-state index in [-0.39, 0.29) is 6.61 Å². The second kappa shape index (κ2) is 11.8. The Hall–Kier alpha value is -2.93. The molecule has 9 heteroatoms. The molecule has 172 valence electrons. The van der Waals surface area contributed by atoms with Crippen LogP contribution in [0.2, 0.25) is 15.1 Å². The maximum Gasteiger partial charge on any atom is 0.280 e. The number of ether oxygens (including phenoxy) is 3. The van der Waals surface area contributed by atoms with Crippen LogP contribution in [0, 0.1) is 0 Å². The van der Waals surface area contributed by atoms with Crippen LogP contribution in [0.3, 0.4) is 0 Å². The molecule has 0 fully saturated rings. The molecule has 0 spiro atoms. The number of hydrogen-bond acceptors (Lipinski definition) is 5. The third kappa shape index (κ3) is 7.02. The van der Waals surface area contributed by atoms with Gasteiger partial charge in [-0.1, -0.05) is 46.9 Å². The summed E-state index contributed by atoms with van der Waals surface area (Å²) in [7, 11) is 1.58. The van der Waals surface area contributed by atoms with E-state index in [0.29, 0.717) is 32.3 Å². The number of hydrazone groups is 1. The molecule has 1 unspecified atom stereocenters. The van der Waals surface area contributed by atoms with Crippen LogP contribution in [0.5, 0.6) is 17.2 Å². The lowest BCUT2D eigenvalue weighted by Crippen LogP contribution is -2.33. The molecule has 0 bridgehead atoms. The van der Waals surface area contributed by atoms with Crippen LogP contribution in [0.25, 0.3) is 0 Å². The predicted octanol–water partition coefficient (Wildman–Crippen LogP) is 6.15. The summed E-state index contributed by atoms with van der Waals surface area (Å²) in [6, 6.07) is 17.4. The lowest BCUT2D eigenvalue weighted by molar-refractivity contribution is -0.127. The lowest BCUT2D eigenvalue weighted by Gasteiger charge is -2.14. The summed E-state index contributed by atoms with van der Waals surface area (Å²) in [5.41, 5.74) is 3.98. The number of carbonyl (C=O) groups is 1. The topological polar surface area (TPSA) is 69.2 Å². The maximum absolute atomic E-state index is 12.3. The van der Waals surface area contributed by atoms with Gasteiger partial charge in [-0.25, -0.2) is 5.43 Å². The minimum Gasteiger partial charge on any atom is -0.496 e. The molecule has 0 heterocycles. The summed E-state index contributed by atoms with van der Waals surface area (Å²) in [4.78, 5) is 12.3. The molecule has 0 radical (unpaired) electrons. The van der Waals surface area contributed by atoms with Crippen LogP contribution < -0.4 is 19.6 Å². The fraction of sp³-hybridized carbons (Fsp3) is 0.167. The Balaban J connectivity index is 1.61. The van der Waals surface area contributed by atoms with E-state index in [9.17, 15) is 4.79 Å². The Kier molecular flexibility index (Phi) is 8.83. The van der Waals surface area contributed by atoms with Crippen molar-refractivity contribution in [2.75, 3.05) is 7.11 Å². The summed E-state index contributed by atoms with van der Waals surface area (Å²) in [5, 5.41) is 5.32. The van der Waals surface area contributed by atoms with Gasteiger partial charge in [-0.2, -0.15) is 5.10 Å². The highest BCUT2D eigenvalue weighted by Gasteiger charge is 2.16. The van der Waals surface area contributed by atoms with Crippen molar-refractivity contribution in [3.05, 3.63) is 86.9 Å². The second-order valence-electron chi connectivity index (χ2n) is 6.86. The van der Waals surface area contributed by atoms with Gasteiger partial charge in [-0.15, -0.1) is 0 Å². The number of rotatable bonds is 9. The molecular weight excluding hydrogens is 487 g/mol. The van der Waals surface area contributed by atoms with Crippen molar-refractivity contribution >= 4 is 46.9 Å². The van der Waals surface area contributed by atoms with Gasteiger partial charge in [0, 0.05) is 10.6 Å². The number of para-hydroxylation sites is 1. The molecule has 1 N–H and O–H groups in total. The van der Waals surface area contributed by atoms with Crippen LogP contribution in [-0.4, -0.2) is 25.3 Å². The van der Waals surface area contributed by atoms with Crippen molar-refractivity contribution < 1.29 is 19.0 Å². The quantitative estimate of drug-likeness (QED) is 0.278. The van der Waals surface area contributed by atoms with E-state index in [2.05, 4.69) is 10.5 Å². The van der Waals surface area contributed by atoms with Crippen molar-refractivity contribution in [1.29, 1.82) is 0 Å². The molecule has 1 atom stereocenters. The Morgan fingerprint density at radius 2 is 1.76 bits per heavy atom. The normalized spacial score (nSPS) is 11.8. The van der Waals surface area contributed by atoms with Gasteiger partial charge in [0.25, 0.3) is 5.91 Å². The first-order valence-corrected chi connectivity index (χ1v) is 11.0. The molecule has 3 aromatic rings. The van der Waals surface area contributed by atoms with E-state index in [1.807, 2.05) is 18.2 Å². The van der Waals surface area contributed by atoms with Gasteiger partial charge < -0.3 is 14.2 Å². The molecule has 3 rings (SSSR count). The molecule has 3 aromatic carbocycles. The standard InChI is InChI=1S/C24H21Cl3N2O4/c1-15(33-23-10-8-18(25)12-20(23)27)24(30)29-28-13-16-7-9-21(31-2)17(11-16)14-32-22-6-4-3-5-19(22)26/h3-13,15H,14H2,1-2H3,(H,29,30)/b28-13+. The Labute approximate surface area is 207 Å². The molecule has 0 aromatic heterocycles. The van der Waals surface area contributed by atoms with Crippen LogP contribution >= 0.6 is 34.8 Å². The van der Waals surface area contributed by atoms with Crippen molar-refractivity contribution in [2.45, 2.75) is 19.6 Å². The summed E-state index contributed by atoms with van der Waals surface area (Å²) >= 11 is 18.1. The van der Waals surface area contributed by atoms with E-state index < -0.39 is 12.0 Å². The molecule has 1 amide bonds. The number of nitrogens with zero attached hydrogens (tertiary/aromatic N) is 1. The van der Waals surface area contributed by atoms with Gasteiger partial charge in [0.05, 0.1) is 23.4 Å². The Morgan fingerprint density at radius 3 is 2.48 bits per heavy atom. The Bertz CT molecular complexity index is 1150. The molecule has 33 heavy (non-hydrogen) atoms. The van der Waals surface area contributed by atoms with E-state index in [4.69, 9.17) is 49.0 Å². The van der Waals surface area contributed by atoms with Gasteiger partial charge in [-0.3, -0.25) is 4.79 Å². The molecule has 6 nitrogen and oxygen atoms in total. The zero-order valence-electron chi connectivity index (χ0n) is 17.8. The fourth-order valence-electron chi connectivity index (χ4n) is 2.78. The van der Waals surface area contributed by atoms with E-state index in [0.717, 1.165) is 11.1 Å². The number of methoxy groups -OCH3 is 1. The summed E-state index contributed by atoms with van der Waals surface area (Å²) in [6.07, 6.45) is 0.689. The third-order valence-corrected chi connectivity index (χ3v) is 5.32. The monoisotopic (exact) mass is 506 g/mol. The van der Waals surface area contributed by atoms with Gasteiger partial charge in [0.2, 0.25) is 0 Å². The van der Waals surface area contributed by atoms with Gasteiger partial charge >= 0.3 is 0 Å². The number of benzene rings is 3. The van der Waals surface area contributed by atoms with E-state index in [1.165, 1.54) is 12.3 Å². The van der Waals surface area contributed by atoms with Crippen LogP contribution in [-0.2, 0) is 11.4 Å². The van der Waals surface area contributed by atoms with Crippen molar-refractivity contribution in [3.63, 3.8) is 0 Å². The highest BCUT2D eigenvalue weighted by Crippen LogP contribution is 2.28. The SMILES string of the molecule is COc1ccc(/C=N/NC(=O)C(C)Oc2ccc(Cl)cc2Cl)cc1COc1ccccc1Cl. The number of halogens is 3. The number of nitrogens with one attached hydrogen (secondary N) is 1. The highest BCUT2D eigenvalue weighted by molar-refractivity contribution is 6.35. The Morgan fingerprint density at radius 1 is 1.00 bits per heavy atom. The third-order valence-electron chi connectivity index (χ3n) is 4.48. The number of amides is 1. The average Bonchev–Trinajstić information content (AvgIpc) is 2.80. The van der Waals surface area contributed by atoms with Crippen molar-refractivity contribution in [3.8, 4) is 17.2 Å². The summed E-state index contributed by atoms with van der Waals surface area (Å²) < 4.78 is 16.8. The fourth-order valence-corrected chi connectivity index (χ4v) is 3.43. The molecule has 0 saturated carbocycles. The van der Waals surface area contributed by atoms with Crippen molar-refractivity contribution in [1.82, 2.24) is 5.43 Å². The maximum atomic E-state index is 12.3. The second-order valence-corrected chi connectivity index (χ2v) is 8.11. The largest absolute Gasteiger partial charge is 0.496 e. The van der Waals surface area contributed by atoms with E-state index >= 15 is 0 Å². The number of hydrogen-bond donors (Lipinski definition) is 1. The first kappa shape index (κ1) is 24.7. The van der Waals surface area contributed by atoms with Gasteiger partial charge in [-0.05, 0) is 61.0 Å². The number of carbonyl (C=O) groups excluding carboxylic acids is 1. The minimum atomic E-state index is -0.823.